The Morgan fingerprint density at radius 3 is 2.71 bits per heavy atom. The highest BCUT2D eigenvalue weighted by molar-refractivity contribution is 7.13. The van der Waals surface area contributed by atoms with Crippen molar-refractivity contribution in [2.24, 2.45) is 0 Å². The first kappa shape index (κ1) is 4.59. The van der Waals surface area contributed by atoms with Crippen molar-refractivity contribution in [3.05, 3.63) is 11.2 Å². The summed E-state index contributed by atoms with van der Waals surface area (Å²) < 4.78 is 0. The molecule has 0 aromatic carbocycles. The smallest absolute Gasteiger partial charge is 0.225 e. The average molecular weight is 115 g/mol. The van der Waals surface area contributed by atoms with Gasteiger partial charge in [0.1, 0.15) is 0 Å². The number of anilines is 1. The minimum atomic E-state index is 0.875. The van der Waals surface area contributed by atoms with Crippen LogP contribution >= 0.6 is 11.3 Å². The molecule has 0 aliphatic carbocycles. The fourth-order valence-electron chi connectivity index (χ4n) is 0.341. The van der Waals surface area contributed by atoms with E-state index in [-0.39, 0.29) is 0 Å². The van der Waals surface area contributed by atoms with Crippen LogP contribution in [0, 0.1) is 6.92 Å². The van der Waals surface area contributed by atoms with E-state index in [0.717, 1.165) is 10.7 Å². The van der Waals surface area contributed by atoms with Gasteiger partial charge in [-0.1, -0.05) is 11.3 Å². The van der Waals surface area contributed by atoms with E-state index in [4.69, 9.17) is 5.73 Å². The molecule has 0 spiro atoms. The lowest BCUT2D eigenvalue weighted by Gasteiger charge is -1.72. The minimum absolute atomic E-state index is 0.875. The van der Waals surface area contributed by atoms with Crippen molar-refractivity contribution in [1.82, 2.24) is 0 Å². The highest BCUT2D eigenvalue weighted by Gasteiger charge is 1.97. The minimum Gasteiger partial charge on any atom is -0.385 e. The Kier molecular flexibility index (Phi) is 0.982. The fraction of sp³-hybridized carbons (Fsp3) is 0.250. The molecular weight excluding hydrogens is 108 g/mol. The van der Waals surface area contributed by atoms with Crippen LogP contribution in [0.3, 0.4) is 0 Å². The molecular formula is C4H7N2S+. The summed E-state index contributed by atoms with van der Waals surface area (Å²) in [5, 5.41) is 0.875. The highest BCUT2D eigenvalue weighted by atomic mass is 32.1. The van der Waals surface area contributed by atoms with Crippen LogP contribution in [0.15, 0.2) is 5.51 Å². The van der Waals surface area contributed by atoms with E-state index in [1.807, 2.05) is 12.4 Å². The van der Waals surface area contributed by atoms with Gasteiger partial charge in [-0.2, -0.15) is 0 Å². The van der Waals surface area contributed by atoms with Crippen LogP contribution in [-0.2, 0) is 0 Å². The van der Waals surface area contributed by atoms with Crippen LogP contribution in [0.5, 0.6) is 0 Å². The predicted molar refractivity (Wildman–Crippen MR) is 30.0 cm³/mol. The molecule has 0 amide bonds. The van der Waals surface area contributed by atoms with Gasteiger partial charge in [0.15, 0.2) is 5.00 Å². The molecule has 1 rings (SSSR count). The van der Waals surface area contributed by atoms with Gasteiger partial charge in [-0.05, 0) is 0 Å². The van der Waals surface area contributed by atoms with Crippen LogP contribution in [0.1, 0.15) is 5.69 Å². The standard InChI is InChI=1S/C4H6N2S/c1-3-4(5)7-2-6-3/h2H,5H2,1H3/p+1. The Bertz CT molecular complexity index is 142. The van der Waals surface area contributed by atoms with Crippen molar-refractivity contribution < 1.29 is 4.98 Å². The molecule has 38 valence electrons. The van der Waals surface area contributed by atoms with Crippen molar-refractivity contribution in [2.75, 3.05) is 5.73 Å². The van der Waals surface area contributed by atoms with Crippen molar-refractivity contribution in [1.29, 1.82) is 0 Å². The van der Waals surface area contributed by atoms with Crippen LogP contribution in [0.4, 0.5) is 5.00 Å². The van der Waals surface area contributed by atoms with Gasteiger partial charge < -0.3 is 5.73 Å². The van der Waals surface area contributed by atoms with E-state index in [1.54, 1.807) is 0 Å². The number of aromatic amines is 1. The molecule has 3 N–H and O–H groups in total. The summed E-state index contributed by atoms with van der Waals surface area (Å²) in [5.74, 6) is 0. The first-order valence-corrected chi connectivity index (χ1v) is 2.90. The Labute approximate surface area is 46.0 Å². The maximum atomic E-state index is 5.43. The first-order chi connectivity index (χ1) is 3.30. The molecule has 2 nitrogen and oxygen atoms in total. The van der Waals surface area contributed by atoms with E-state index in [2.05, 4.69) is 4.98 Å². The predicted octanol–water partition coefficient (Wildman–Crippen LogP) is 0.453. The second-order valence-electron chi connectivity index (χ2n) is 1.37. The van der Waals surface area contributed by atoms with E-state index in [0.29, 0.717) is 0 Å². The van der Waals surface area contributed by atoms with E-state index >= 15 is 0 Å². The average Bonchev–Trinajstić information content (AvgIpc) is 1.91. The third-order valence-electron chi connectivity index (χ3n) is 0.831. The normalized spacial score (nSPS) is 9.29. The van der Waals surface area contributed by atoms with Gasteiger partial charge >= 0.3 is 0 Å². The van der Waals surface area contributed by atoms with Crippen LogP contribution in [0.25, 0.3) is 0 Å². The van der Waals surface area contributed by atoms with E-state index < -0.39 is 0 Å². The third-order valence-corrected chi connectivity index (χ3v) is 1.63. The number of nitrogens with two attached hydrogens (primary N) is 1. The zero-order valence-electron chi connectivity index (χ0n) is 4.06. The largest absolute Gasteiger partial charge is 0.385 e. The molecule has 0 aliphatic heterocycles. The molecule has 0 fully saturated rings. The molecule has 0 radical (unpaired) electrons. The Morgan fingerprint density at radius 2 is 2.57 bits per heavy atom. The van der Waals surface area contributed by atoms with Gasteiger partial charge in [-0.3, -0.25) is 0 Å². The van der Waals surface area contributed by atoms with Crippen molar-refractivity contribution in [3.8, 4) is 0 Å². The van der Waals surface area contributed by atoms with Crippen LogP contribution in [0.2, 0.25) is 0 Å². The molecule has 0 atom stereocenters. The van der Waals surface area contributed by atoms with Gasteiger partial charge in [0.25, 0.3) is 0 Å². The molecule has 1 aromatic heterocycles. The second kappa shape index (κ2) is 1.50. The zero-order chi connectivity index (χ0) is 5.28. The van der Waals surface area contributed by atoms with Crippen LogP contribution < -0.4 is 10.7 Å². The maximum Gasteiger partial charge on any atom is 0.225 e. The number of thiazole rings is 1. The van der Waals surface area contributed by atoms with Gasteiger partial charge in [-0.25, -0.2) is 4.98 Å². The number of hydrogen-bond donors (Lipinski definition) is 1. The summed E-state index contributed by atoms with van der Waals surface area (Å²) >= 11 is 1.53. The number of aryl methyl sites for hydroxylation is 1. The van der Waals surface area contributed by atoms with Crippen molar-refractivity contribution in [2.45, 2.75) is 6.92 Å². The molecule has 0 unspecified atom stereocenters. The van der Waals surface area contributed by atoms with Gasteiger partial charge in [0.05, 0.1) is 0 Å². The van der Waals surface area contributed by atoms with Crippen LogP contribution in [-0.4, -0.2) is 0 Å². The third kappa shape index (κ3) is 0.718. The summed E-state index contributed by atoms with van der Waals surface area (Å²) in [4.78, 5) is 2.96. The number of H-pyrrole nitrogens is 1. The molecule has 0 bridgehead atoms. The summed E-state index contributed by atoms with van der Waals surface area (Å²) in [6, 6.07) is 0. The van der Waals surface area contributed by atoms with Crippen molar-refractivity contribution >= 4 is 16.3 Å². The summed E-state index contributed by atoms with van der Waals surface area (Å²) in [5.41, 5.74) is 8.35. The Hall–Kier alpha value is -0.570. The zero-order valence-corrected chi connectivity index (χ0v) is 4.88. The van der Waals surface area contributed by atoms with Gasteiger partial charge in [0.2, 0.25) is 11.2 Å². The topological polar surface area (TPSA) is 40.2 Å². The number of nitrogens with one attached hydrogen (secondary N) is 1. The summed E-state index contributed by atoms with van der Waals surface area (Å²) in [7, 11) is 0. The maximum absolute atomic E-state index is 5.43. The molecule has 0 saturated carbocycles. The number of hydrogen-bond acceptors (Lipinski definition) is 2. The van der Waals surface area contributed by atoms with Crippen molar-refractivity contribution in [3.63, 3.8) is 0 Å². The quantitative estimate of drug-likeness (QED) is 0.524. The molecule has 3 heteroatoms. The molecule has 7 heavy (non-hydrogen) atoms. The SMILES string of the molecule is Cc1[nH+]csc1N. The number of aromatic nitrogens is 1. The molecule has 0 aliphatic rings. The monoisotopic (exact) mass is 115 g/mol. The number of nitrogen functional groups attached to an aromatic ring is 1. The second-order valence-corrected chi connectivity index (χ2v) is 2.28. The Balaban J connectivity index is 3.12. The summed E-state index contributed by atoms with van der Waals surface area (Å²) in [6.45, 7) is 1.95. The van der Waals surface area contributed by atoms with Gasteiger partial charge in [-0.15, -0.1) is 0 Å². The fourth-order valence-corrected chi connectivity index (χ4v) is 0.939. The lowest BCUT2D eigenvalue weighted by molar-refractivity contribution is -0.379. The first-order valence-electron chi connectivity index (χ1n) is 2.02. The molecule has 1 heterocycles. The van der Waals surface area contributed by atoms with E-state index in [9.17, 15) is 0 Å². The summed E-state index contributed by atoms with van der Waals surface area (Å²) in [6.07, 6.45) is 0. The molecule has 1 aromatic rings. The lowest BCUT2D eigenvalue weighted by Crippen LogP contribution is -1.99. The van der Waals surface area contributed by atoms with E-state index in [1.165, 1.54) is 11.3 Å². The molecule has 0 saturated heterocycles. The highest BCUT2D eigenvalue weighted by Crippen LogP contribution is 2.08. The Morgan fingerprint density at radius 1 is 1.86 bits per heavy atom. The van der Waals surface area contributed by atoms with Gasteiger partial charge in [0, 0.05) is 6.92 Å². The lowest BCUT2D eigenvalue weighted by atomic mass is 10.5. The number of rotatable bonds is 0.